The number of hydrogen-bond donors (Lipinski definition) is 0. The lowest BCUT2D eigenvalue weighted by Gasteiger charge is -1.84. The molecule has 0 aromatic rings. The predicted molar refractivity (Wildman–Crippen MR) is 39.8 cm³/mol. The Morgan fingerprint density at radius 2 is 2.17 bits per heavy atom. The van der Waals surface area contributed by atoms with E-state index in [9.17, 15) is 0 Å². The minimum Gasteiger partial charge on any atom is -0.165 e. The zero-order valence-electron chi connectivity index (χ0n) is 3.61. The summed E-state index contributed by atoms with van der Waals surface area (Å²) in [6.07, 6.45) is 2.11. The first kappa shape index (κ1) is 7.18. The molecule has 0 radical (unpaired) electrons. The molecule has 6 heavy (non-hydrogen) atoms. The molecule has 0 bridgehead atoms. The van der Waals surface area contributed by atoms with Crippen molar-refractivity contribution in [2.45, 2.75) is 0 Å². The molecule has 0 unspecified atom stereocenters. The van der Waals surface area contributed by atoms with Crippen molar-refractivity contribution in [2.24, 2.45) is 0 Å². The van der Waals surface area contributed by atoms with Crippen LogP contribution in [0.3, 0.4) is 0 Å². The van der Waals surface area contributed by atoms with Gasteiger partial charge in [0.2, 0.25) is 0 Å². The van der Waals surface area contributed by atoms with Gasteiger partial charge in [0.1, 0.15) is 0 Å². The molecule has 0 spiro atoms. The van der Waals surface area contributed by atoms with Gasteiger partial charge in [-0.15, -0.1) is 0 Å². The van der Waals surface area contributed by atoms with Crippen LogP contribution in [-0.4, -0.2) is 17.8 Å². The standard InChI is InChI=1S/C3H7BrS2/c1-5-2-3-6-4/h2-3H2,1H3. The van der Waals surface area contributed by atoms with Gasteiger partial charge in [0, 0.05) is 11.5 Å². The highest BCUT2D eigenvalue weighted by Crippen LogP contribution is 2.10. The van der Waals surface area contributed by atoms with Crippen molar-refractivity contribution < 1.29 is 0 Å². The second kappa shape index (κ2) is 6.18. The summed E-state index contributed by atoms with van der Waals surface area (Å²) in [5.74, 6) is 2.46. The molecule has 0 aromatic heterocycles. The molecule has 0 aliphatic carbocycles. The largest absolute Gasteiger partial charge is 0.165 e. The van der Waals surface area contributed by atoms with Gasteiger partial charge in [-0.3, -0.25) is 0 Å². The highest BCUT2D eigenvalue weighted by Gasteiger charge is 1.77. The first-order valence-corrected chi connectivity index (χ1v) is 5.86. The summed E-state index contributed by atoms with van der Waals surface area (Å²) in [4.78, 5) is 0. The Kier molecular flexibility index (Phi) is 7.40. The third kappa shape index (κ3) is 5.18. The second-order valence-corrected chi connectivity index (χ2v) is 3.79. The first-order valence-electron chi connectivity index (χ1n) is 1.64. The van der Waals surface area contributed by atoms with E-state index in [0.29, 0.717) is 0 Å². The van der Waals surface area contributed by atoms with Crippen LogP contribution in [0.5, 0.6) is 0 Å². The van der Waals surface area contributed by atoms with Crippen molar-refractivity contribution >= 4 is 36.8 Å². The SMILES string of the molecule is CSCCSBr. The van der Waals surface area contributed by atoms with Gasteiger partial charge in [0.05, 0.1) is 0 Å². The van der Waals surface area contributed by atoms with Crippen LogP contribution in [0.1, 0.15) is 0 Å². The Labute approximate surface area is 54.7 Å². The van der Waals surface area contributed by atoms with Gasteiger partial charge in [-0.1, -0.05) is 10.2 Å². The third-order valence-corrected chi connectivity index (χ3v) is 2.57. The van der Waals surface area contributed by atoms with Crippen molar-refractivity contribution in [2.75, 3.05) is 17.8 Å². The Hall–Kier alpha value is 1.18. The molecular formula is C3H7BrS2. The van der Waals surface area contributed by atoms with Crippen LogP contribution < -0.4 is 0 Å². The van der Waals surface area contributed by atoms with Gasteiger partial charge >= 0.3 is 0 Å². The molecule has 38 valence electrons. The maximum absolute atomic E-state index is 3.25. The quantitative estimate of drug-likeness (QED) is 0.622. The summed E-state index contributed by atoms with van der Waals surface area (Å²) in [6, 6.07) is 0. The minimum absolute atomic E-state index is 1.21. The molecule has 3 heteroatoms. The van der Waals surface area contributed by atoms with Crippen LogP contribution in [0.2, 0.25) is 0 Å². The summed E-state index contributed by atoms with van der Waals surface area (Å²) in [6.45, 7) is 0. The fourth-order valence-corrected chi connectivity index (χ4v) is 2.22. The summed E-state index contributed by atoms with van der Waals surface area (Å²) < 4.78 is 0. The van der Waals surface area contributed by atoms with Crippen LogP contribution in [-0.2, 0) is 0 Å². The molecule has 0 saturated heterocycles. The zero-order valence-corrected chi connectivity index (χ0v) is 6.83. The van der Waals surface area contributed by atoms with Gasteiger partial charge in [0.15, 0.2) is 0 Å². The van der Waals surface area contributed by atoms with E-state index in [-0.39, 0.29) is 0 Å². The first-order chi connectivity index (χ1) is 2.91. The number of thioether (sulfide) groups is 1. The molecule has 0 heterocycles. The molecule has 0 nitrogen and oxygen atoms in total. The fourth-order valence-electron chi connectivity index (χ4n) is 0.115. The van der Waals surface area contributed by atoms with E-state index in [1.807, 2.05) is 11.8 Å². The molecule has 0 amide bonds. The third-order valence-electron chi connectivity index (χ3n) is 0.365. The van der Waals surface area contributed by atoms with E-state index in [0.717, 1.165) is 0 Å². The van der Waals surface area contributed by atoms with Gasteiger partial charge in [0.25, 0.3) is 0 Å². The molecule has 0 rings (SSSR count). The van der Waals surface area contributed by atoms with E-state index in [4.69, 9.17) is 0 Å². The number of halogens is 1. The van der Waals surface area contributed by atoms with Crippen molar-refractivity contribution in [3.8, 4) is 0 Å². The van der Waals surface area contributed by atoms with E-state index >= 15 is 0 Å². The van der Waals surface area contributed by atoms with Crippen molar-refractivity contribution in [3.05, 3.63) is 0 Å². The average molecular weight is 187 g/mol. The highest BCUT2D eigenvalue weighted by molar-refractivity contribution is 9.50. The summed E-state index contributed by atoms with van der Waals surface area (Å²) in [5.41, 5.74) is 0. The lowest BCUT2D eigenvalue weighted by Crippen LogP contribution is -1.74. The second-order valence-electron chi connectivity index (χ2n) is 0.806. The molecule has 0 aliphatic rings. The Morgan fingerprint density at radius 1 is 1.50 bits per heavy atom. The Morgan fingerprint density at radius 3 is 2.33 bits per heavy atom. The van der Waals surface area contributed by atoms with Crippen LogP contribution in [0.15, 0.2) is 0 Å². The van der Waals surface area contributed by atoms with Crippen LogP contribution in [0.25, 0.3) is 0 Å². The summed E-state index contributed by atoms with van der Waals surface area (Å²) in [7, 11) is 1.72. The molecule has 0 saturated carbocycles. The lowest BCUT2D eigenvalue weighted by molar-refractivity contribution is 1.57. The molecule has 0 aliphatic heterocycles. The average Bonchev–Trinajstić information content (AvgIpc) is 1.61. The summed E-state index contributed by atoms with van der Waals surface area (Å²) >= 11 is 5.13. The van der Waals surface area contributed by atoms with Crippen molar-refractivity contribution in [3.63, 3.8) is 0 Å². The van der Waals surface area contributed by atoms with Crippen molar-refractivity contribution in [1.29, 1.82) is 0 Å². The van der Waals surface area contributed by atoms with E-state index in [1.54, 1.807) is 10.2 Å². The van der Waals surface area contributed by atoms with E-state index in [2.05, 4.69) is 21.1 Å². The van der Waals surface area contributed by atoms with Gasteiger partial charge in [-0.2, -0.15) is 11.8 Å². The normalized spacial score (nSPS) is 9.00. The Balaban J connectivity index is 2.34. The number of rotatable bonds is 3. The van der Waals surface area contributed by atoms with Crippen LogP contribution in [0.4, 0.5) is 0 Å². The predicted octanol–water partition coefficient (Wildman–Crippen LogP) is 2.39. The topological polar surface area (TPSA) is 0 Å². The molecule has 0 fully saturated rings. The fraction of sp³-hybridized carbons (Fsp3) is 1.00. The molecule has 0 atom stereocenters. The monoisotopic (exact) mass is 186 g/mol. The van der Waals surface area contributed by atoms with Gasteiger partial charge in [-0.25, -0.2) is 0 Å². The van der Waals surface area contributed by atoms with E-state index in [1.165, 1.54) is 11.5 Å². The Bertz CT molecular complexity index is 20.8. The lowest BCUT2D eigenvalue weighted by atomic mass is 11.0. The summed E-state index contributed by atoms with van der Waals surface area (Å²) in [5, 5.41) is 0. The van der Waals surface area contributed by atoms with E-state index < -0.39 is 0 Å². The molecule has 0 aromatic carbocycles. The van der Waals surface area contributed by atoms with Crippen LogP contribution in [0, 0.1) is 0 Å². The highest BCUT2D eigenvalue weighted by atomic mass is 79.9. The minimum atomic E-state index is 1.21. The zero-order chi connectivity index (χ0) is 4.83. The number of hydrogen-bond acceptors (Lipinski definition) is 2. The molecule has 0 N–H and O–H groups in total. The maximum atomic E-state index is 3.25. The molecular weight excluding hydrogens is 180 g/mol. The van der Waals surface area contributed by atoms with Crippen molar-refractivity contribution in [1.82, 2.24) is 0 Å². The van der Waals surface area contributed by atoms with Crippen LogP contribution >= 0.6 is 36.8 Å². The smallest absolute Gasteiger partial charge is 0.0133 e. The maximum Gasteiger partial charge on any atom is 0.0133 e. The van der Waals surface area contributed by atoms with Gasteiger partial charge < -0.3 is 0 Å². The van der Waals surface area contributed by atoms with Gasteiger partial charge in [-0.05, 0) is 21.1 Å².